The van der Waals surface area contributed by atoms with Gasteiger partial charge in [0.2, 0.25) is 0 Å². The van der Waals surface area contributed by atoms with Gasteiger partial charge in [-0.25, -0.2) is 0 Å². The molecule has 1 aromatic heterocycles. The molecule has 106 valence electrons. The summed E-state index contributed by atoms with van der Waals surface area (Å²) in [5, 5.41) is 9.51. The van der Waals surface area contributed by atoms with Crippen LogP contribution in [-0.4, -0.2) is 58.2 Å². The molecule has 2 heterocycles. The van der Waals surface area contributed by atoms with Gasteiger partial charge in [0.15, 0.2) is 0 Å². The van der Waals surface area contributed by atoms with E-state index in [1.165, 1.54) is 5.56 Å². The molecule has 4 nitrogen and oxygen atoms in total. The molecule has 3 atom stereocenters. The first-order chi connectivity index (χ1) is 9.08. The minimum atomic E-state index is -0.246. The van der Waals surface area contributed by atoms with Crippen molar-refractivity contribution in [2.45, 2.75) is 39.0 Å². The van der Waals surface area contributed by atoms with Gasteiger partial charge in [0.1, 0.15) is 0 Å². The number of hydrogen-bond donors (Lipinski definition) is 1. The Morgan fingerprint density at radius 1 is 1.42 bits per heavy atom. The van der Waals surface area contributed by atoms with E-state index in [9.17, 15) is 5.11 Å². The summed E-state index contributed by atoms with van der Waals surface area (Å²) in [5.74, 6) is 0. The van der Waals surface area contributed by atoms with E-state index in [1.807, 2.05) is 25.4 Å². The molecule has 0 aromatic carbocycles. The molecule has 0 radical (unpaired) electrons. The first kappa shape index (κ1) is 14.4. The molecule has 1 aliphatic rings. The zero-order chi connectivity index (χ0) is 13.8. The van der Waals surface area contributed by atoms with Crippen LogP contribution in [0.4, 0.5) is 0 Å². The fraction of sp³-hybridized carbons (Fsp3) is 0.667. The van der Waals surface area contributed by atoms with Crippen LogP contribution in [0.1, 0.15) is 32.4 Å². The molecule has 1 N–H and O–H groups in total. The number of aromatic nitrogens is 1. The fourth-order valence-corrected chi connectivity index (χ4v) is 2.82. The summed E-state index contributed by atoms with van der Waals surface area (Å²) in [6, 6.07) is 5.04. The average molecular weight is 263 g/mol. The van der Waals surface area contributed by atoms with Gasteiger partial charge in [-0.3, -0.25) is 14.8 Å². The van der Waals surface area contributed by atoms with Gasteiger partial charge in [-0.15, -0.1) is 0 Å². The van der Waals surface area contributed by atoms with E-state index in [1.54, 1.807) is 0 Å². The third kappa shape index (κ3) is 3.75. The lowest BCUT2D eigenvalue weighted by Crippen LogP contribution is -2.53. The molecule has 0 bridgehead atoms. The normalized spacial score (nSPS) is 25.2. The molecule has 4 heteroatoms. The summed E-state index contributed by atoms with van der Waals surface area (Å²) in [5.41, 5.74) is 1.28. The highest BCUT2D eigenvalue weighted by molar-refractivity contribution is 5.13. The second-order valence-electron chi connectivity index (χ2n) is 5.65. The Morgan fingerprint density at radius 2 is 2.21 bits per heavy atom. The molecule has 1 fully saturated rings. The summed E-state index contributed by atoms with van der Waals surface area (Å²) >= 11 is 0. The van der Waals surface area contributed by atoms with Crippen LogP contribution in [0.2, 0.25) is 0 Å². The average Bonchev–Trinajstić information content (AvgIpc) is 2.41. The molecule has 2 rings (SSSR count). The summed E-state index contributed by atoms with van der Waals surface area (Å²) in [6.45, 7) is 10.2. The Balaban J connectivity index is 1.94. The van der Waals surface area contributed by atoms with Crippen LogP contribution in [0.25, 0.3) is 0 Å². The highest BCUT2D eigenvalue weighted by Crippen LogP contribution is 2.22. The quantitative estimate of drug-likeness (QED) is 0.894. The second kappa shape index (κ2) is 6.46. The van der Waals surface area contributed by atoms with E-state index in [4.69, 9.17) is 0 Å². The number of hydrogen-bond acceptors (Lipinski definition) is 4. The van der Waals surface area contributed by atoms with E-state index in [2.05, 4.69) is 34.7 Å². The van der Waals surface area contributed by atoms with Gasteiger partial charge in [0, 0.05) is 50.7 Å². The van der Waals surface area contributed by atoms with Crippen LogP contribution in [0.3, 0.4) is 0 Å². The Bertz CT molecular complexity index is 382. The third-order valence-electron chi connectivity index (χ3n) is 4.01. The molecule has 0 saturated carbocycles. The molecule has 1 aliphatic heterocycles. The maximum Gasteiger partial charge on any atom is 0.0639 e. The Morgan fingerprint density at radius 3 is 2.79 bits per heavy atom. The summed E-state index contributed by atoms with van der Waals surface area (Å²) in [6.07, 6.45) is 3.53. The smallest absolute Gasteiger partial charge is 0.0639 e. The molecular weight excluding hydrogens is 238 g/mol. The number of aliphatic hydroxyl groups excluding tert-OH is 1. The lowest BCUT2D eigenvalue weighted by Gasteiger charge is -2.42. The van der Waals surface area contributed by atoms with Crippen molar-refractivity contribution in [3.05, 3.63) is 30.1 Å². The van der Waals surface area contributed by atoms with Crippen molar-refractivity contribution >= 4 is 0 Å². The Labute approximate surface area is 116 Å². The zero-order valence-electron chi connectivity index (χ0n) is 12.2. The highest BCUT2D eigenvalue weighted by atomic mass is 16.3. The van der Waals surface area contributed by atoms with Gasteiger partial charge >= 0.3 is 0 Å². The van der Waals surface area contributed by atoms with Gasteiger partial charge in [-0.1, -0.05) is 6.07 Å². The van der Waals surface area contributed by atoms with E-state index in [0.29, 0.717) is 12.1 Å². The van der Waals surface area contributed by atoms with Gasteiger partial charge in [0.05, 0.1) is 6.10 Å². The third-order valence-corrected chi connectivity index (χ3v) is 4.01. The van der Waals surface area contributed by atoms with E-state index in [0.717, 1.165) is 26.2 Å². The zero-order valence-corrected chi connectivity index (χ0v) is 12.2. The predicted octanol–water partition coefficient (Wildman–Crippen LogP) is 1.53. The fourth-order valence-electron chi connectivity index (χ4n) is 2.82. The van der Waals surface area contributed by atoms with Gasteiger partial charge in [0.25, 0.3) is 0 Å². The summed E-state index contributed by atoms with van der Waals surface area (Å²) in [7, 11) is 0. The van der Waals surface area contributed by atoms with Crippen molar-refractivity contribution in [3.8, 4) is 0 Å². The standard InChI is InChI=1S/C15H25N3O/c1-12-10-18(8-7-17(12)11-13(2)19)14(3)15-5-4-6-16-9-15/h4-6,9,12-14,19H,7-8,10-11H2,1-3H3/t12-,13-,14+/m0/s1. The number of rotatable bonds is 4. The van der Waals surface area contributed by atoms with E-state index < -0.39 is 0 Å². The molecule has 0 unspecified atom stereocenters. The van der Waals surface area contributed by atoms with Crippen LogP contribution in [-0.2, 0) is 0 Å². The summed E-state index contributed by atoms with van der Waals surface area (Å²) in [4.78, 5) is 9.08. The van der Waals surface area contributed by atoms with Gasteiger partial charge in [-0.2, -0.15) is 0 Å². The first-order valence-corrected chi connectivity index (χ1v) is 7.14. The maximum atomic E-state index is 9.51. The van der Waals surface area contributed by atoms with Crippen molar-refractivity contribution in [3.63, 3.8) is 0 Å². The monoisotopic (exact) mass is 263 g/mol. The van der Waals surface area contributed by atoms with Crippen molar-refractivity contribution in [1.29, 1.82) is 0 Å². The van der Waals surface area contributed by atoms with Crippen molar-refractivity contribution in [2.24, 2.45) is 0 Å². The van der Waals surface area contributed by atoms with Crippen LogP contribution in [0.5, 0.6) is 0 Å². The van der Waals surface area contributed by atoms with Crippen molar-refractivity contribution in [1.82, 2.24) is 14.8 Å². The molecule has 0 spiro atoms. The minimum absolute atomic E-state index is 0.246. The number of pyridine rings is 1. The molecule has 0 aliphatic carbocycles. The number of nitrogens with zero attached hydrogens (tertiary/aromatic N) is 3. The van der Waals surface area contributed by atoms with Crippen LogP contribution < -0.4 is 0 Å². The van der Waals surface area contributed by atoms with E-state index in [-0.39, 0.29) is 6.10 Å². The van der Waals surface area contributed by atoms with Crippen LogP contribution in [0, 0.1) is 0 Å². The van der Waals surface area contributed by atoms with Crippen LogP contribution in [0.15, 0.2) is 24.5 Å². The molecule has 1 saturated heterocycles. The number of piperazine rings is 1. The van der Waals surface area contributed by atoms with Crippen molar-refractivity contribution in [2.75, 3.05) is 26.2 Å². The number of β-amino-alcohol motifs (C(OH)–C–C–N with tert-alkyl or cyclic N) is 1. The molecular formula is C15H25N3O. The Hall–Kier alpha value is -0.970. The predicted molar refractivity (Wildman–Crippen MR) is 76.9 cm³/mol. The molecule has 19 heavy (non-hydrogen) atoms. The van der Waals surface area contributed by atoms with Crippen LogP contribution >= 0.6 is 0 Å². The lowest BCUT2D eigenvalue weighted by molar-refractivity contribution is 0.0303. The van der Waals surface area contributed by atoms with Crippen molar-refractivity contribution < 1.29 is 5.11 Å². The van der Waals surface area contributed by atoms with E-state index >= 15 is 0 Å². The van der Waals surface area contributed by atoms with Gasteiger partial charge < -0.3 is 5.11 Å². The lowest BCUT2D eigenvalue weighted by atomic mass is 10.1. The maximum absolute atomic E-state index is 9.51. The Kier molecular flexibility index (Phi) is 4.91. The molecule has 0 amide bonds. The molecule has 1 aromatic rings. The first-order valence-electron chi connectivity index (χ1n) is 7.14. The topological polar surface area (TPSA) is 39.6 Å². The highest BCUT2D eigenvalue weighted by Gasteiger charge is 2.27. The van der Waals surface area contributed by atoms with Gasteiger partial charge in [-0.05, 0) is 32.4 Å². The largest absolute Gasteiger partial charge is 0.392 e. The second-order valence-corrected chi connectivity index (χ2v) is 5.65. The number of aliphatic hydroxyl groups is 1. The SMILES string of the molecule is C[C@H](O)CN1CCN([C@H](C)c2cccnc2)C[C@@H]1C. The summed E-state index contributed by atoms with van der Waals surface area (Å²) < 4.78 is 0. The minimum Gasteiger partial charge on any atom is -0.392 e.